The molecule has 0 unspecified atom stereocenters. The van der Waals surface area contributed by atoms with Crippen LogP contribution in [0.15, 0.2) is 28.9 Å². The second-order valence-corrected chi connectivity index (χ2v) is 5.11. The van der Waals surface area contributed by atoms with E-state index in [1.165, 1.54) is 16.8 Å². The van der Waals surface area contributed by atoms with E-state index in [2.05, 4.69) is 52.3 Å². The van der Waals surface area contributed by atoms with E-state index in [0.29, 0.717) is 0 Å². The highest BCUT2D eigenvalue weighted by molar-refractivity contribution is 9.10. The molecule has 0 spiro atoms. The highest BCUT2D eigenvalue weighted by Gasteiger charge is 2.04. The molecular formula is C13H16BrN3. The van der Waals surface area contributed by atoms with Crippen molar-refractivity contribution in [1.29, 1.82) is 0 Å². The Bertz CT molecular complexity index is 531. The Labute approximate surface area is 110 Å². The number of rotatable bonds is 3. The molecule has 0 aliphatic carbocycles. The fourth-order valence-corrected chi connectivity index (χ4v) is 2.21. The Morgan fingerprint density at radius 3 is 2.71 bits per heavy atom. The smallest absolute Gasteiger partial charge is 0.0542 e. The SMILES string of the molecule is Cc1cc(Br)ccc1NCc1cnn(C)c1C. The van der Waals surface area contributed by atoms with Gasteiger partial charge < -0.3 is 5.32 Å². The molecule has 0 fully saturated rings. The summed E-state index contributed by atoms with van der Waals surface area (Å²) in [4.78, 5) is 0. The second-order valence-electron chi connectivity index (χ2n) is 4.19. The Balaban J connectivity index is 2.10. The van der Waals surface area contributed by atoms with Crippen molar-refractivity contribution in [3.8, 4) is 0 Å². The van der Waals surface area contributed by atoms with Crippen molar-refractivity contribution in [2.45, 2.75) is 20.4 Å². The minimum atomic E-state index is 0.808. The van der Waals surface area contributed by atoms with Gasteiger partial charge in [-0.25, -0.2) is 0 Å². The molecule has 3 nitrogen and oxygen atoms in total. The molecule has 0 bridgehead atoms. The highest BCUT2D eigenvalue weighted by Crippen LogP contribution is 2.20. The van der Waals surface area contributed by atoms with Gasteiger partial charge in [0.25, 0.3) is 0 Å². The van der Waals surface area contributed by atoms with E-state index < -0.39 is 0 Å². The summed E-state index contributed by atoms with van der Waals surface area (Å²) >= 11 is 3.47. The van der Waals surface area contributed by atoms with E-state index in [0.717, 1.165) is 16.7 Å². The van der Waals surface area contributed by atoms with E-state index in [4.69, 9.17) is 0 Å². The van der Waals surface area contributed by atoms with Crippen LogP contribution in [0.3, 0.4) is 0 Å². The standard InChI is InChI=1S/C13H16BrN3/c1-9-6-12(14)4-5-13(9)15-7-11-8-16-17(3)10(11)2/h4-6,8,15H,7H2,1-3H3. The molecule has 17 heavy (non-hydrogen) atoms. The third kappa shape index (κ3) is 2.69. The van der Waals surface area contributed by atoms with Crippen molar-refractivity contribution in [3.05, 3.63) is 45.7 Å². The topological polar surface area (TPSA) is 29.9 Å². The number of nitrogens with one attached hydrogen (secondary N) is 1. The van der Waals surface area contributed by atoms with Crippen LogP contribution in [0.1, 0.15) is 16.8 Å². The minimum Gasteiger partial charge on any atom is -0.381 e. The van der Waals surface area contributed by atoms with Crippen LogP contribution >= 0.6 is 15.9 Å². The summed E-state index contributed by atoms with van der Waals surface area (Å²) in [6.07, 6.45) is 1.91. The van der Waals surface area contributed by atoms with Gasteiger partial charge in [-0.05, 0) is 37.6 Å². The molecule has 0 atom stereocenters. The van der Waals surface area contributed by atoms with E-state index in [1.54, 1.807) is 0 Å². The lowest BCUT2D eigenvalue weighted by Gasteiger charge is -2.09. The molecule has 0 saturated heterocycles. The summed E-state index contributed by atoms with van der Waals surface area (Å²) in [5, 5.41) is 7.67. The Kier molecular flexibility index (Phi) is 3.52. The molecule has 0 amide bonds. The number of aromatic nitrogens is 2. The number of anilines is 1. The van der Waals surface area contributed by atoms with Crippen molar-refractivity contribution < 1.29 is 0 Å². The first-order valence-electron chi connectivity index (χ1n) is 5.55. The highest BCUT2D eigenvalue weighted by atomic mass is 79.9. The fourth-order valence-electron chi connectivity index (χ4n) is 1.73. The number of hydrogen-bond donors (Lipinski definition) is 1. The van der Waals surface area contributed by atoms with Crippen LogP contribution < -0.4 is 5.32 Å². The quantitative estimate of drug-likeness (QED) is 0.940. The molecule has 2 rings (SSSR count). The minimum absolute atomic E-state index is 0.808. The van der Waals surface area contributed by atoms with Crippen molar-refractivity contribution in [1.82, 2.24) is 9.78 Å². The summed E-state index contributed by atoms with van der Waals surface area (Å²) in [7, 11) is 1.96. The number of benzene rings is 1. The number of hydrogen-bond acceptors (Lipinski definition) is 2. The molecule has 0 aliphatic rings. The molecule has 1 aromatic heterocycles. The van der Waals surface area contributed by atoms with Crippen LogP contribution in [-0.4, -0.2) is 9.78 Å². The first kappa shape index (κ1) is 12.2. The summed E-state index contributed by atoms with van der Waals surface area (Å²) < 4.78 is 3.00. The Morgan fingerprint density at radius 1 is 1.35 bits per heavy atom. The van der Waals surface area contributed by atoms with Gasteiger partial charge in [-0.3, -0.25) is 4.68 Å². The Hall–Kier alpha value is -1.29. The van der Waals surface area contributed by atoms with Crippen LogP contribution in [0.4, 0.5) is 5.69 Å². The zero-order valence-electron chi connectivity index (χ0n) is 10.3. The molecule has 0 radical (unpaired) electrons. The normalized spacial score (nSPS) is 10.6. The predicted molar refractivity (Wildman–Crippen MR) is 74.2 cm³/mol. The van der Waals surface area contributed by atoms with Gasteiger partial charge >= 0.3 is 0 Å². The molecule has 0 aliphatic heterocycles. The summed E-state index contributed by atoms with van der Waals surface area (Å²) in [6.45, 7) is 4.99. The molecule has 1 heterocycles. The summed E-state index contributed by atoms with van der Waals surface area (Å²) in [5.41, 5.74) is 4.83. The number of aryl methyl sites for hydroxylation is 2. The zero-order valence-corrected chi connectivity index (χ0v) is 11.9. The van der Waals surface area contributed by atoms with Crippen molar-refractivity contribution >= 4 is 21.6 Å². The Morgan fingerprint density at radius 2 is 2.12 bits per heavy atom. The lowest BCUT2D eigenvalue weighted by Crippen LogP contribution is -2.02. The lowest BCUT2D eigenvalue weighted by molar-refractivity contribution is 0.738. The molecule has 1 N–H and O–H groups in total. The van der Waals surface area contributed by atoms with Crippen LogP contribution in [0.2, 0.25) is 0 Å². The number of halogens is 1. The molecule has 1 aromatic carbocycles. The van der Waals surface area contributed by atoms with Gasteiger partial charge in [0.2, 0.25) is 0 Å². The lowest BCUT2D eigenvalue weighted by atomic mass is 10.2. The van der Waals surface area contributed by atoms with Gasteiger partial charge in [-0.15, -0.1) is 0 Å². The van der Waals surface area contributed by atoms with Crippen LogP contribution in [-0.2, 0) is 13.6 Å². The maximum atomic E-state index is 4.23. The van der Waals surface area contributed by atoms with E-state index in [-0.39, 0.29) is 0 Å². The summed E-state index contributed by atoms with van der Waals surface area (Å²) in [6, 6.07) is 6.25. The molecule has 90 valence electrons. The van der Waals surface area contributed by atoms with Crippen molar-refractivity contribution in [2.24, 2.45) is 7.05 Å². The number of nitrogens with zero attached hydrogens (tertiary/aromatic N) is 2. The third-order valence-electron chi connectivity index (χ3n) is 2.99. The zero-order chi connectivity index (χ0) is 12.4. The first-order chi connectivity index (χ1) is 8.08. The van der Waals surface area contributed by atoms with Gasteiger partial charge in [-0.2, -0.15) is 5.10 Å². The van der Waals surface area contributed by atoms with Gasteiger partial charge in [0.05, 0.1) is 6.20 Å². The molecule has 4 heteroatoms. The van der Waals surface area contributed by atoms with Gasteiger partial charge in [0, 0.05) is 35.0 Å². The maximum Gasteiger partial charge on any atom is 0.0542 e. The average Bonchev–Trinajstić information content (AvgIpc) is 2.59. The third-order valence-corrected chi connectivity index (χ3v) is 3.49. The fraction of sp³-hybridized carbons (Fsp3) is 0.308. The van der Waals surface area contributed by atoms with Crippen LogP contribution in [0.5, 0.6) is 0 Å². The van der Waals surface area contributed by atoms with Crippen molar-refractivity contribution in [3.63, 3.8) is 0 Å². The monoisotopic (exact) mass is 293 g/mol. The van der Waals surface area contributed by atoms with Crippen LogP contribution in [0, 0.1) is 13.8 Å². The van der Waals surface area contributed by atoms with E-state index in [1.807, 2.05) is 24.0 Å². The molecule has 0 saturated carbocycles. The van der Waals surface area contributed by atoms with Gasteiger partial charge in [0.1, 0.15) is 0 Å². The van der Waals surface area contributed by atoms with E-state index >= 15 is 0 Å². The summed E-state index contributed by atoms with van der Waals surface area (Å²) in [5.74, 6) is 0. The largest absolute Gasteiger partial charge is 0.381 e. The molecular weight excluding hydrogens is 278 g/mol. The van der Waals surface area contributed by atoms with Crippen LogP contribution in [0.25, 0.3) is 0 Å². The van der Waals surface area contributed by atoms with E-state index in [9.17, 15) is 0 Å². The van der Waals surface area contributed by atoms with Crippen molar-refractivity contribution in [2.75, 3.05) is 5.32 Å². The predicted octanol–water partition coefficient (Wildman–Crippen LogP) is 3.41. The first-order valence-corrected chi connectivity index (χ1v) is 6.34. The second kappa shape index (κ2) is 4.92. The maximum absolute atomic E-state index is 4.23. The molecule has 2 aromatic rings. The van der Waals surface area contributed by atoms with Gasteiger partial charge in [0.15, 0.2) is 0 Å². The van der Waals surface area contributed by atoms with Gasteiger partial charge in [-0.1, -0.05) is 15.9 Å². The average molecular weight is 294 g/mol.